The number of fused-ring (bicyclic) bond motifs is 6. The summed E-state index contributed by atoms with van der Waals surface area (Å²) in [5.74, 6) is 0. The minimum absolute atomic E-state index is 0.248. The summed E-state index contributed by atoms with van der Waals surface area (Å²) in [5, 5.41) is 55.3. The molecule has 4 rings (SSSR count). The van der Waals surface area contributed by atoms with Crippen molar-refractivity contribution in [1.82, 2.24) is 19.9 Å². The summed E-state index contributed by atoms with van der Waals surface area (Å²) in [6, 6.07) is 10.1. The van der Waals surface area contributed by atoms with Crippen molar-refractivity contribution in [2.45, 2.75) is 12.1 Å². The molecule has 194 valence electrons. The Balaban J connectivity index is 2.30. The molecule has 1 aromatic carbocycles. The molecule has 0 N–H and O–H groups in total. The van der Waals surface area contributed by atoms with Gasteiger partial charge in [-0.2, -0.15) is 31.6 Å². The van der Waals surface area contributed by atoms with E-state index in [2.05, 4.69) is 0 Å². The van der Waals surface area contributed by atoms with E-state index in [-0.39, 0.29) is 55.6 Å². The highest BCUT2D eigenvalue weighted by Gasteiger charge is 2.24. The van der Waals surface area contributed by atoms with Crippen molar-refractivity contribution in [1.29, 1.82) is 31.6 Å². The molecule has 3 heterocycles. The summed E-state index contributed by atoms with van der Waals surface area (Å²) in [5.41, 5.74) is 2.10. The molecule has 0 amide bonds. The predicted octanol–water partition coefficient (Wildman–Crippen LogP) is 2.87. The van der Waals surface area contributed by atoms with Gasteiger partial charge in [0.2, 0.25) is 0 Å². The molecule has 12 nitrogen and oxygen atoms in total. The van der Waals surface area contributed by atoms with Crippen LogP contribution in [0.1, 0.15) is 22.8 Å². The zero-order valence-electron chi connectivity index (χ0n) is 21.4. The van der Waals surface area contributed by atoms with Gasteiger partial charge in [-0.05, 0) is 36.5 Å². The van der Waals surface area contributed by atoms with E-state index in [4.69, 9.17) is 61.5 Å². The van der Waals surface area contributed by atoms with E-state index in [0.29, 0.717) is 0 Å². The van der Waals surface area contributed by atoms with Crippen molar-refractivity contribution in [2.75, 3.05) is 0 Å². The van der Waals surface area contributed by atoms with Crippen LogP contribution < -0.4 is 10.7 Å². The molecule has 2 aromatic heterocycles. The lowest BCUT2D eigenvalue weighted by Gasteiger charge is -2.19. The molecule has 42 heavy (non-hydrogen) atoms. The smallest absolute Gasteiger partial charge is 0.120 e. The summed E-state index contributed by atoms with van der Waals surface area (Å²) in [6.45, 7) is 0. The Labute approximate surface area is 238 Å². The Morgan fingerprint density at radius 3 is 0.976 bits per heavy atom. The first-order valence-corrected chi connectivity index (χ1v) is 12.0. The Morgan fingerprint density at radius 2 is 0.690 bits per heavy atom. The molecule has 2 atom stereocenters. The molecule has 0 spiro atoms. The maximum Gasteiger partial charge on any atom is 0.120 e. The lowest BCUT2D eigenvalue weighted by molar-refractivity contribution is 0.655. The number of hydrogen-bond donors (Lipinski definition) is 0. The Hall–Kier alpha value is -7.12. The van der Waals surface area contributed by atoms with Crippen LogP contribution in [0.3, 0.4) is 0 Å². The van der Waals surface area contributed by atoms with Crippen LogP contribution in [-0.4, -0.2) is 32.0 Å². The lowest BCUT2D eigenvalue weighted by atomic mass is 10.0. The first-order valence-electron chi connectivity index (χ1n) is 12.0. The molecule has 0 saturated heterocycles. The van der Waals surface area contributed by atoms with Crippen molar-refractivity contribution in [2.24, 2.45) is 9.98 Å². The van der Waals surface area contributed by atoms with Crippen LogP contribution in [0.25, 0.3) is 46.4 Å². The minimum Gasteiger partial charge on any atom is -0.271 e. The zero-order chi connectivity index (χ0) is 29.9. The van der Waals surface area contributed by atoms with Crippen LogP contribution in [0.4, 0.5) is 0 Å². The van der Waals surface area contributed by atoms with Gasteiger partial charge >= 0.3 is 0 Å². The average molecular weight is 543 g/mol. The van der Waals surface area contributed by atoms with Crippen LogP contribution >= 0.6 is 0 Å². The Bertz CT molecular complexity index is 2020. The van der Waals surface area contributed by atoms with Crippen LogP contribution in [0.5, 0.6) is 0 Å². The molecule has 0 radical (unpaired) electrons. The molecule has 1 aliphatic rings. The molecule has 2 unspecified atom stereocenters. The third kappa shape index (κ3) is 5.65. The first kappa shape index (κ1) is 27.9. The molecule has 0 bridgehead atoms. The van der Waals surface area contributed by atoms with Gasteiger partial charge in [-0.25, -0.2) is 19.9 Å². The number of rotatable bonds is 6. The summed E-state index contributed by atoms with van der Waals surface area (Å²) < 4.78 is 0. The van der Waals surface area contributed by atoms with Gasteiger partial charge in [-0.1, -0.05) is 0 Å². The van der Waals surface area contributed by atoms with Crippen LogP contribution in [0, 0.1) is 68.0 Å². The highest BCUT2D eigenvalue weighted by Crippen LogP contribution is 2.23. The van der Waals surface area contributed by atoms with Crippen LogP contribution in [-0.2, 0) is 0 Å². The van der Waals surface area contributed by atoms with Gasteiger partial charge < -0.3 is 0 Å². The summed E-state index contributed by atoms with van der Waals surface area (Å²) in [6.07, 6.45) is 16.2. The maximum atomic E-state index is 9.14. The quantitative estimate of drug-likeness (QED) is 0.327. The number of benzene rings is 1. The van der Waals surface area contributed by atoms with E-state index in [1.165, 1.54) is 60.8 Å². The first-order chi connectivity index (χ1) is 20.6. The number of hydrogen-bond acceptors (Lipinski definition) is 12. The van der Waals surface area contributed by atoms with E-state index >= 15 is 0 Å². The second-order valence-corrected chi connectivity index (χ2v) is 8.15. The third-order valence-electron chi connectivity index (χ3n) is 5.70. The number of nitrogens with zero attached hydrogens (tertiary/aromatic N) is 12. The fourth-order valence-corrected chi connectivity index (χ4v) is 4.06. The van der Waals surface area contributed by atoms with Gasteiger partial charge in [0.25, 0.3) is 0 Å². The number of nitriles is 6. The average Bonchev–Trinajstić information content (AvgIpc) is 3.01. The highest BCUT2D eigenvalue weighted by molar-refractivity contribution is 6.00. The normalized spacial score (nSPS) is 16.2. The molecule has 1 aliphatic heterocycles. The van der Waals surface area contributed by atoms with E-state index in [1.54, 1.807) is 12.2 Å². The van der Waals surface area contributed by atoms with Crippen LogP contribution in [0.2, 0.25) is 0 Å². The summed E-state index contributed by atoms with van der Waals surface area (Å²) >= 11 is 0. The van der Waals surface area contributed by atoms with Gasteiger partial charge in [0.15, 0.2) is 0 Å². The predicted molar refractivity (Wildman–Crippen MR) is 151 cm³/mol. The van der Waals surface area contributed by atoms with Crippen molar-refractivity contribution < 1.29 is 0 Å². The second kappa shape index (κ2) is 13.1. The highest BCUT2D eigenvalue weighted by atomic mass is 15.0. The standard InChI is InChI=1S/C30H14N12/c31-13-1-7-19-20(8-2-14-32)38-26-25(37-19)27-29(41-22(10-4-16-34)21(39-27)9-3-15-33)30-28(26)40-23(11-5-17-35)24(42-30)12-6-18-36/h1-12,19-20H/b7-1+,8-2+,9-3+,10-4+,11-5+,12-6+. The van der Waals surface area contributed by atoms with Gasteiger partial charge in [0.1, 0.15) is 32.8 Å². The van der Waals surface area contributed by atoms with E-state index in [1.807, 2.05) is 36.4 Å². The SMILES string of the molecule is N#C/C=C/c1nc2c3c(c4nc(/C=C/C#N)c(/C=C/C#N)nc4c2nc1/C=C/C#N)=NC(/C=C/C#N)C(/C=C/C#N)N=3. The van der Waals surface area contributed by atoms with E-state index in [9.17, 15) is 0 Å². The lowest BCUT2D eigenvalue weighted by Crippen LogP contribution is -2.40. The minimum atomic E-state index is -0.677. The molecular weight excluding hydrogens is 528 g/mol. The molecule has 3 aromatic rings. The van der Waals surface area contributed by atoms with Crippen LogP contribution in [0.15, 0.2) is 58.6 Å². The molecule has 0 fully saturated rings. The van der Waals surface area contributed by atoms with E-state index in [0.717, 1.165) is 0 Å². The van der Waals surface area contributed by atoms with Gasteiger partial charge in [0.05, 0.1) is 71.3 Å². The van der Waals surface area contributed by atoms with Crippen molar-refractivity contribution in [3.05, 3.63) is 82.1 Å². The van der Waals surface area contributed by atoms with Crippen molar-refractivity contribution >= 4 is 46.4 Å². The largest absolute Gasteiger partial charge is 0.271 e. The zero-order valence-corrected chi connectivity index (χ0v) is 21.4. The fraction of sp³-hybridized carbons (Fsp3) is 0.0667. The Kier molecular flexibility index (Phi) is 8.70. The third-order valence-corrected chi connectivity index (χ3v) is 5.70. The molecular formula is C30H14N12. The van der Waals surface area contributed by atoms with Gasteiger partial charge in [-0.3, -0.25) is 9.98 Å². The number of allylic oxidation sites excluding steroid dienone is 6. The Morgan fingerprint density at radius 1 is 0.405 bits per heavy atom. The van der Waals surface area contributed by atoms with Gasteiger partial charge in [0, 0.05) is 36.5 Å². The number of aromatic nitrogens is 4. The second-order valence-electron chi connectivity index (χ2n) is 8.15. The monoisotopic (exact) mass is 542 g/mol. The molecule has 12 heteroatoms. The van der Waals surface area contributed by atoms with Gasteiger partial charge in [-0.15, -0.1) is 0 Å². The maximum absolute atomic E-state index is 9.14. The molecule has 0 aliphatic carbocycles. The fourth-order valence-electron chi connectivity index (χ4n) is 4.06. The topological polar surface area (TPSA) is 219 Å². The molecule has 0 saturated carbocycles. The summed E-state index contributed by atoms with van der Waals surface area (Å²) in [4.78, 5) is 28.5. The van der Waals surface area contributed by atoms with Crippen molar-refractivity contribution in [3.63, 3.8) is 0 Å². The van der Waals surface area contributed by atoms with E-state index < -0.39 is 12.1 Å². The summed E-state index contributed by atoms with van der Waals surface area (Å²) in [7, 11) is 0. The van der Waals surface area contributed by atoms with Crippen molar-refractivity contribution in [3.8, 4) is 36.4 Å².